The monoisotopic (exact) mass is 432 g/mol. The summed E-state index contributed by atoms with van der Waals surface area (Å²) in [5, 5.41) is 21.4. The molecule has 0 saturated heterocycles. The van der Waals surface area contributed by atoms with Crippen LogP contribution in [0.5, 0.6) is 5.75 Å². The minimum Gasteiger partial charge on any atom is -0.508 e. The Balaban J connectivity index is 1.48. The molecular weight excluding hydrogens is 408 g/mol. The van der Waals surface area contributed by atoms with Crippen molar-refractivity contribution < 1.29 is 9.52 Å². The molecule has 4 rings (SSSR count). The number of phenols is 1. The second kappa shape index (κ2) is 9.06. The first kappa shape index (κ1) is 20.7. The van der Waals surface area contributed by atoms with Crippen molar-refractivity contribution in [3.05, 3.63) is 88.3 Å². The van der Waals surface area contributed by atoms with E-state index in [1.807, 2.05) is 68.4 Å². The van der Waals surface area contributed by atoms with Gasteiger partial charge in [0.15, 0.2) is 0 Å². The maximum atomic E-state index is 10.3. The number of hydrogen-bond donors (Lipinski definition) is 3. The van der Waals surface area contributed by atoms with Gasteiger partial charge in [0, 0.05) is 29.0 Å². The second-order valence-corrected chi connectivity index (χ2v) is 7.79. The summed E-state index contributed by atoms with van der Waals surface area (Å²) in [4.78, 5) is 0.280. The number of aromatic nitrogens is 2. The molecule has 0 atom stereocenters. The average molecular weight is 433 g/mol. The molecule has 1 aromatic heterocycles. The van der Waals surface area contributed by atoms with E-state index in [1.165, 1.54) is 11.1 Å². The van der Waals surface area contributed by atoms with Gasteiger partial charge in [-0.05, 0) is 68.5 Å². The van der Waals surface area contributed by atoms with Gasteiger partial charge < -0.3 is 20.2 Å². The van der Waals surface area contributed by atoms with Crippen LogP contribution >= 0.6 is 12.2 Å². The summed E-state index contributed by atoms with van der Waals surface area (Å²) in [6.45, 7) is 4.96. The Bertz CT molecular complexity index is 1230. The molecule has 1 heterocycles. The molecule has 0 bridgehead atoms. The van der Waals surface area contributed by atoms with Crippen LogP contribution < -0.4 is 10.6 Å². The summed E-state index contributed by atoms with van der Waals surface area (Å²) in [6.07, 6.45) is 0. The number of benzene rings is 3. The highest BCUT2D eigenvalue weighted by Crippen LogP contribution is 2.26. The largest absolute Gasteiger partial charge is 0.508 e. The zero-order valence-electron chi connectivity index (χ0n) is 17.4. The SMILES string of the molecule is Cc1ccc(NCc2cc(-c3nn(CNc4ccc(C)cc4)c(=S)o3)ccc2O)cc1. The fourth-order valence-corrected chi connectivity index (χ4v) is 3.27. The number of aromatic hydroxyl groups is 1. The molecule has 0 amide bonds. The van der Waals surface area contributed by atoms with E-state index in [1.54, 1.807) is 16.8 Å². The molecule has 0 fully saturated rings. The number of nitrogens with one attached hydrogen (secondary N) is 2. The molecule has 0 radical (unpaired) electrons. The molecule has 4 aromatic rings. The Morgan fingerprint density at radius 3 is 2.16 bits per heavy atom. The lowest BCUT2D eigenvalue weighted by Crippen LogP contribution is -2.09. The molecule has 0 saturated carbocycles. The number of rotatable bonds is 7. The van der Waals surface area contributed by atoms with Crippen molar-refractivity contribution in [3.8, 4) is 17.2 Å². The molecule has 0 aliphatic carbocycles. The van der Waals surface area contributed by atoms with Crippen LogP contribution in [0, 0.1) is 18.7 Å². The minimum atomic E-state index is 0.211. The minimum absolute atomic E-state index is 0.211. The van der Waals surface area contributed by atoms with Crippen LogP contribution in [0.3, 0.4) is 0 Å². The number of phenolic OH excluding ortho intramolecular Hbond substituents is 1. The molecule has 158 valence electrons. The van der Waals surface area contributed by atoms with E-state index >= 15 is 0 Å². The van der Waals surface area contributed by atoms with Gasteiger partial charge in [-0.1, -0.05) is 35.4 Å². The van der Waals surface area contributed by atoms with Gasteiger partial charge in [-0.15, -0.1) is 5.10 Å². The smallest absolute Gasteiger partial charge is 0.289 e. The highest BCUT2D eigenvalue weighted by molar-refractivity contribution is 7.71. The maximum absolute atomic E-state index is 10.3. The molecule has 0 aliphatic rings. The van der Waals surface area contributed by atoms with Crippen molar-refractivity contribution in [1.29, 1.82) is 0 Å². The van der Waals surface area contributed by atoms with Crippen LogP contribution in [-0.4, -0.2) is 14.9 Å². The first-order valence-corrected chi connectivity index (χ1v) is 10.4. The first-order chi connectivity index (χ1) is 15.0. The number of aryl methyl sites for hydroxylation is 2. The predicted octanol–water partition coefficient (Wildman–Crippen LogP) is 5.88. The zero-order chi connectivity index (χ0) is 21.8. The molecule has 0 unspecified atom stereocenters. The number of anilines is 2. The predicted molar refractivity (Wildman–Crippen MR) is 126 cm³/mol. The van der Waals surface area contributed by atoms with Crippen molar-refractivity contribution in [3.63, 3.8) is 0 Å². The van der Waals surface area contributed by atoms with Crippen molar-refractivity contribution in [2.24, 2.45) is 0 Å². The molecule has 3 N–H and O–H groups in total. The summed E-state index contributed by atoms with van der Waals surface area (Å²) in [6, 6.07) is 21.5. The fourth-order valence-electron chi connectivity index (χ4n) is 3.09. The van der Waals surface area contributed by atoms with E-state index in [0.29, 0.717) is 19.1 Å². The Morgan fingerprint density at radius 2 is 1.52 bits per heavy atom. The topological polar surface area (TPSA) is 75.2 Å². The van der Waals surface area contributed by atoms with Gasteiger partial charge in [-0.25, -0.2) is 4.68 Å². The molecule has 7 heteroatoms. The van der Waals surface area contributed by atoms with Gasteiger partial charge in [-0.2, -0.15) is 0 Å². The normalized spacial score (nSPS) is 10.8. The van der Waals surface area contributed by atoms with Gasteiger partial charge >= 0.3 is 0 Å². The van der Waals surface area contributed by atoms with Crippen LogP contribution in [0.1, 0.15) is 16.7 Å². The molecule has 0 aliphatic heterocycles. The van der Waals surface area contributed by atoms with E-state index < -0.39 is 0 Å². The van der Waals surface area contributed by atoms with Gasteiger partial charge in [0.1, 0.15) is 12.4 Å². The quantitative estimate of drug-likeness (QED) is 0.317. The van der Waals surface area contributed by atoms with E-state index in [0.717, 1.165) is 22.5 Å². The van der Waals surface area contributed by atoms with Crippen LogP contribution in [0.25, 0.3) is 11.5 Å². The van der Waals surface area contributed by atoms with E-state index in [-0.39, 0.29) is 10.6 Å². The highest BCUT2D eigenvalue weighted by atomic mass is 32.1. The lowest BCUT2D eigenvalue weighted by atomic mass is 10.1. The Kier molecular flexibility index (Phi) is 6.04. The number of hydrogen-bond acceptors (Lipinski definition) is 6. The summed E-state index contributed by atoms with van der Waals surface area (Å²) in [7, 11) is 0. The van der Waals surface area contributed by atoms with Crippen LogP contribution in [-0.2, 0) is 13.2 Å². The summed E-state index contributed by atoms with van der Waals surface area (Å²) in [5.41, 5.74) is 5.85. The molecule has 3 aromatic carbocycles. The lowest BCUT2D eigenvalue weighted by Gasteiger charge is -2.09. The Hall–Kier alpha value is -3.58. The van der Waals surface area contributed by atoms with Crippen molar-refractivity contribution in [1.82, 2.24) is 9.78 Å². The van der Waals surface area contributed by atoms with Gasteiger partial charge in [-0.3, -0.25) is 0 Å². The Morgan fingerprint density at radius 1 is 0.903 bits per heavy atom. The van der Waals surface area contributed by atoms with Crippen molar-refractivity contribution >= 4 is 23.6 Å². The molecular formula is C24H24N4O2S. The standard InChI is InChI=1S/C24H24N4O2S/c1-16-3-8-20(9-4-16)25-14-19-13-18(7-12-22(19)29)23-27-28(24(31)30-23)15-26-21-10-5-17(2)6-11-21/h3-13,25-26,29H,14-15H2,1-2H3. The Labute approximate surface area is 186 Å². The molecule has 6 nitrogen and oxygen atoms in total. The highest BCUT2D eigenvalue weighted by Gasteiger charge is 2.11. The summed E-state index contributed by atoms with van der Waals surface area (Å²) < 4.78 is 7.30. The third kappa shape index (κ3) is 5.13. The van der Waals surface area contributed by atoms with Gasteiger partial charge in [0.2, 0.25) is 5.89 Å². The van der Waals surface area contributed by atoms with Crippen molar-refractivity contribution in [2.45, 2.75) is 27.1 Å². The van der Waals surface area contributed by atoms with Crippen LogP contribution in [0.4, 0.5) is 11.4 Å². The first-order valence-electron chi connectivity index (χ1n) is 9.99. The third-order valence-corrected chi connectivity index (χ3v) is 5.25. The summed E-state index contributed by atoms with van der Waals surface area (Å²) in [5.74, 6) is 0.620. The second-order valence-electron chi connectivity index (χ2n) is 7.44. The van der Waals surface area contributed by atoms with E-state index in [4.69, 9.17) is 16.6 Å². The molecule has 31 heavy (non-hydrogen) atoms. The van der Waals surface area contributed by atoms with Crippen LogP contribution in [0.15, 0.2) is 71.1 Å². The summed E-state index contributed by atoms with van der Waals surface area (Å²) >= 11 is 5.33. The molecule has 0 spiro atoms. The third-order valence-electron chi connectivity index (χ3n) is 4.95. The van der Waals surface area contributed by atoms with Gasteiger partial charge in [0.05, 0.1) is 0 Å². The van der Waals surface area contributed by atoms with E-state index in [2.05, 4.69) is 15.7 Å². The number of nitrogens with zero attached hydrogens (tertiary/aromatic N) is 2. The lowest BCUT2D eigenvalue weighted by molar-refractivity contribution is 0.469. The van der Waals surface area contributed by atoms with Crippen LogP contribution in [0.2, 0.25) is 0 Å². The van der Waals surface area contributed by atoms with Crippen molar-refractivity contribution in [2.75, 3.05) is 10.6 Å². The van der Waals surface area contributed by atoms with Gasteiger partial charge in [0.25, 0.3) is 4.84 Å². The fraction of sp³-hybridized carbons (Fsp3) is 0.167. The average Bonchev–Trinajstić information content (AvgIpc) is 3.14. The van der Waals surface area contributed by atoms with E-state index in [9.17, 15) is 5.11 Å². The maximum Gasteiger partial charge on any atom is 0.289 e. The zero-order valence-corrected chi connectivity index (χ0v) is 18.2.